The number of rotatable bonds is 4. The van der Waals surface area contributed by atoms with E-state index in [0.717, 1.165) is 26.1 Å². The quantitative estimate of drug-likeness (QED) is 0.797. The maximum absolute atomic E-state index is 11.1. The molecule has 0 aromatic heterocycles. The van der Waals surface area contributed by atoms with Gasteiger partial charge in [-0.25, -0.2) is 4.79 Å². The number of aromatic carboxylic acids is 1. The van der Waals surface area contributed by atoms with Crippen LogP contribution in [-0.2, 0) is 4.74 Å². The van der Waals surface area contributed by atoms with Crippen molar-refractivity contribution in [2.45, 2.75) is 12.8 Å². The van der Waals surface area contributed by atoms with Crippen LogP contribution in [-0.4, -0.2) is 30.9 Å². The molecule has 0 atom stereocenters. The van der Waals surface area contributed by atoms with Crippen molar-refractivity contribution in [1.29, 1.82) is 0 Å². The number of nitrogens with two attached hydrogens (primary N) is 1. The Hall–Kier alpha value is -1.75. The van der Waals surface area contributed by atoms with Crippen LogP contribution in [0, 0.1) is 5.92 Å². The van der Waals surface area contributed by atoms with Crippen molar-refractivity contribution >= 4 is 11.7 Å². The highest BCUT2D eigenvalue weighted by Crippen LogP contribution is 2.26. The van der Waals surface area contributed by atoms with Gasteiger partial charge in [-0.05, 0) is 30.9 Å². The zero-order chi connectivity index (χ0) is 13.0. The van der Waals surface area contributed by atoms with Gasteiger partial charge in [-0.1, -0.05) is 6.07 Å². The minimum Gasteiger partial charge on any atom is -0.492 e. The molecule has 5 heteroatoms. The predicted octanol–water partition coefficient (Wildman–Crippen LogP) is 1.77. The van der Waals surface area contributed by atoms with Crippen LogP contribution >= 0.6 is 0 Å². The standard InChI is InChI=1S/C13H17NO4/c14-10-2-1-3-11(12(10)13(15)16)18-8-9-4-6-17-7-5-9/h1-3,9H,4-8,14H2,(H,15,16). The molecular formula is C13H17NO4. The smallest absolute Gasteiger partial charge is 0.341 e. The van der Waals surface area contributed by atoms with Crippen LogP contribution < -0.4 is 10.5 Å². The lowest BCUT2D eigenvalue weighted by molar-refractivity contribution is 0.0490. The minimum absolute atomic E-state index is 0.0459. The number of carbonyl (C=O) groups is 1. The number of nitrogen functional groups attached to an aromatic ring is 1. The van der Waals surface area contributed by atoms with Crippen LogP contribution in [0.3, 0.4) is 0 Å². The highest BCUT2D eigenvalue weighted by Gasteiger charge is 2.18. The Labute approximate surface area is 106 Å². The molecule has 1 saturated heterocycles. The van der Waals surface area contributed by atoms with Gasteiger partial charge in [0, 0.05) is 18.9 Å². The molecule has 1 aliphatic heterocycles. The molecule has 0 spiro atoms. The SMILES string of the molecule is Nc1cccc(OCC2CCOCC2)c1C(=O)O. The molecule has 1 fully saturated rings. The van der Waals surface area contributed by atoms with Crippen molar-refractivity contribution in [3.63, 3.8) is 0 Å². The fourth-order valence-corrected chi connectivity index (χ4v) is 2.02. The van der Waals surface area contributed by atoms with E-state index >= 15 is 0 Å². The Morgan fingerprint density at radius 2 is 2.17 bits per heavy atom. The summed E-state index contributed by atoms with van der Waals surface area (Å²) in [5.41, 5.74) is 5.92. The van der Waals surface area contributed by atoms with Crippen molar-refractivity contribution in [2.75, 3.05) is 25.6 Å². The van der Waals surface area contributed by atoms with Crippen molar-refractivity contribution in [1.82, 2.24) is 0 Å². The number of benzene rings is 1. The normalized spacial score (nSPS) is 16.4. The topological polar surface area (TPSA) is 81.8 Å². The van der Waals surface area contributed by atoms with Gasteiger partial charge in [-0.15, -0.1) is 0 Å². The van der Waals surface area contributed by atoms with Gasteiger partial charge in [0.15, 0.2) is 0 Å². The predicted molar refractivity (Wildman–Crippen MR) is 66.9 cm³/mol. The summed E-state index contributed by atoms with van der Waals surface area (Å²) in [4.78, 5) is 11.1. The van der Waals surface area contributed by atoms with Gasteiger partial charge in [0.1, 0.15) is 11.3 Å². The third kappa shape index (κ3) is 2.92. The molecule has 1 aliphatic rings. The second-order valence-electron chi connectivity index (χ2n) is 4.39. The second-order valence-corrected chi connectivity index (χ2v) is 4.39. The first-order valence-corrected chi connectivity index (χ1v) is 6.01. The molecule has 98 valence electrons. The minimum atomic E-state index is -1.06. The van der Waals surface area contributed by atoms with Gasteiger partial charge in [0.25, 0.3) is 0 Å². The molecule has 3 N–H and O–H groups in total. The highest BCUT2D eigenvalue weighted by molar-refractivity contribution is 5.96. The Balaban J connectivity index is 2.04. The lowest BCUT2D eigenvalue weighted by atomic mass is 10.0. The third-order valence-corrected chi connectivity index (χ3v) is 3.09. The molecular weight excluding hydrogens is 234 g/mol. The average molecular weight is 251 g/mol. The third-order valence-electron chi connectivity index (χ3n) is 3.09. The van der Waals surface area contributed by atoms with E-state index in [-0.39, 0.29) is 11.3 Å². The van der Waals surface area contributed by atoms with E-state index in [1.807, 2.05) is 0 Å². The van der Waals surface area contributed by atoms with Crippen LogP contribution in [0.2, 0.25) is 0 Å². The van der Waals surface area contributed by atoms with E-state index in [4.69, 9.17) is 20.3 Å². The summed E-state index contributed by atoms with van der Waals surface area (Å²) >= 11 is 0. The maximum atomic E-state index is 11.1. The monoisotopic (exact) mass is 251 g/mol. The van der Waals surface area contributed by atoms with E-state index in [1.165, 1.54) is 0 Å². The zero-order valence-corrected chi connectivity index (χ0v) is 10.1. The maximum Gasteiger partial charge on any atom is 0.341 e. The molecule has 5 nitrogen and oxygen atoms in total. The van der Waals surface area contributed by atoms with Crippen LogP contribution in [0.25, 0.3) is 0 Å². The Morgan fingerprint density at radius 1 is 1.44 bits per heavy atom. The van der Waals surface area contributed by atoms with Crippen molar-refractivity contribution in [3.8, 4) is 5.75 Å². The average Bonchev–Trinajstić information content (AvgIpc) is 2.37. The number of hydrogen-bond donors (Lipinski definition) is 2. The number of ether oxygens (including phenoxy) is 2. The first kappa shape index (κ1) is 12.7. The highest BCUT2D eigenvalue weighted by atomic mass is 16.5. The van der Waals surface area contributed by atoms with Crippen LogP contribution in [0.5, 0.6) is 5.75 Å². The summed E-state index contributed by atoms with van der Waals surface area (Å²) in [6.07, 6.45) is 1.90. The van der Waals surface area contributed by atoms with E-state index in [1.54, 1.807) is 18.2 Å². The van der Waals surface area contributed by atoms with Crippen molar-refractivity contribution in [3.05, 3.63) is 23.8 Å². The van der Waals surface area contributed by atoms with Gasteiger partial charge in [-0.3, -0.25) is 0 Å². The summed E-state index contributed by atoms with van der Waals surface area (Å²) < 4.78 is 10.9. The number of carboxylic acids is 1. The van der Waals surface area contributed by atoms with Gasteiger partial charge < -0.3 is 20.3 Å². The van der Waals surface area contributed by atoms with Crippen molar-refractivity contribution < 1.29 is 19.4 Å². The van der Waals surface area contributed by atoms with E-state index in [2.05, 4.69) is 0 Å². The number of anilines is 1. The van der Waals surface area contributed by atoms with Crippen molar-refractivity contribution in [2.24, 2.45) is 5.92 Å². The molecule has 0 saturated carbocycles. The summed E-state index contributed by atoms with van der Waals surface area (Å²) in [6, 6.07) is 4.89. The van der Waals surface area contributed by atoms with Gasteiger partial charge in [-0.2, -0.15) is 0 Å². The number of hydrogen-bond acceptors (Lipinski definition) is 4. The fraction of sp³-hybridized carbons (Fsp3) is 0.462. The summed E-state index contributed by atoms with van der Waals surface area (Å²) in [6.45, 7) is 2.00. The first-order chi connectivity index (χ1) is 8.68. The van der Waals surface area contributed by atoms with E-state index < -0.39 is 5.97 Å². The Bertz CT molecular complexity index is 427. The molecule has 18 heavy (non-hydrogen) atoms. The molecule has 0 aliphatic carbocycles. The summed E-state index contributed by atoms with van der Waals surface area (Å²) in [5, 5.41) is 9.10. The summed E-state index contributed by atoms with van der Waals surface area (Å²) in [7, 11) is 0. The van der Waals surface area contributed by atoms with Gasteiger partial charge in [0.05, 0.1) is 6.61 Å². The van der Waals surface area contributed by atoms with E-state index in [0.29, 0.717) is 18.3 Å². The Kier molecular flexibility index (Phi) is 4.04. The van der Waals surface area contributed by atoms with Gasteiger partial charge in [0.2, 0.25) is 0 Å². The number of carboxylic acid groups (broad SMARTS) is 1. The molecule has 1 aromatic rings. The van der Waals surface area contributed by atoms with Crippen LogP contribution in [0.1, 0.15) is 23.2 Å². The van der Waals surface area contributed by atoms with Gasteiger partial charge >= 0.3 is 5.97 Å². The Morgan fingerprint density at radius 3 is 2.83 bits per heavy atom. The zero-order valence-electron chi connectivity index (χ0n) is 10.1. The lowest BCUT2D eigenvalue weighted by Crippen LogP contribution is -2.22. The van der Waals surface area contributed by atoms with Crippen LogP contribution in [0.4, 0.5) is 5.69 Å². The summed E-state index contributed by atoms with van der Waals surface area (Å²) in [5.74, 6) is -0.300. The second kappa shape index (κ2) is 5.73. The molecule has 0 amide bonds. The molecule has 0 radical (unpaired) electrons. The largest absolute Gasteiger partial charge is 0.492 e. The molecule has 2 rings (SSSR count). The van der Waals surface area contributed by atoms with E-state index in [9.17, 15) is 4.79 Å². The first-order valence-electron chi connectivity index (χ1n) is 6.01. The fourth-order valence-electron chi connectivity index (χ4n) is 2.02. The molecule has 1 aromatic carbocycles. The molecule has 1 heterocycles. The molecule has 0 bridgehead atoms. The van der Waals surface area contributed by atoms with Crippen LogP contribution in [0.15, 0.2) is 18.2 Å². The molecule has 0 unspecified atom stereocenters. The lowest BCUT2D eigenvalue weighted by Gasteiger charge is -2.22.